The maximum atomic E-state index is 10.1. The summed E-state index contributed by atoms with van der Waals surface area (Å²) in [6.45, 7) is 0. The minimum absolute atomic E-state index is 0.737. The van der Waals surface area contributed by atoms with Gasteiger partial charge in [0.25, 0.3) is 0 Å². The van der Waals surface area contributed by atoms with Crippen molar-refractivity contribution in [1.29, 1.82) is 0 Å². The highest BCUT2D eigenvalue weighted by Crippen LogP contribution is 2.11. The molecular formula is C10H12ClNO2S. The first-order chi connectivity index (χ1) is 7.18. The van der Waals surface area contributed by atoms with Gasteiger partial charge < -0.3 is 5.11 Å². The second kappa shape index (κ2) is 6.58. The van der Waals surface area contributed by atoms with Crippen molar-refractivity contribution in [2.75, 3.05) is 5.75 Å². The zero-order chi connectivity index (χ0) is 11.1. The molecular weight excluding hydrogens is 234 g/mol. The van der Waals surface area contributed by atoms with Crippen LogP contribution < -0.4 is 4.72 Å². The number of carbonyl (C=O) groups is 1. The molecule has 1 aromatic rings. The lowest BCUT2D eigenvalue weighted by molar-refractivity contribution is 0.202. The summed E-state index contributed by atoms with van der Waals surface area (Å²) >= 11 is 6.96. The van der Waals surface area contributed by atoms with Gasteiger partial charge in [0.1, 0.15) is 0 Å². The van der Waals surface area contributed by atoms with Crippen LogP contribution in [0.25, 0.3) is 0 Å². The van der Waals surface area contributed by atoms with Gasteiger partial charge in [-0.1, -0.05) is 23.7 Å². The Morgan fingerprint density at radius 1 is 1.40 bits per heavy atom. The molecule has 3 nitrogen and oxygen atoms in total. The summed E-state index contributed by atoms with van der Waals surface area (Å²) in [5, 5.41) is 9.05. The van der Waals surface area contributed by atoms with E-state index in [1.54, 1.807) is 0 Å². The first kappa shape index (κ1) is 12.2. The van der Waals surface area contributed by atoms with Crippen LogP contribution in [-0.2, 0) is 6.42 Å². The lowest BCUT2D eigenvalue weighted by Crippen LogP contribution is -2.12. The van der Waals surface area contributed by atoms with Gasteiger partial charge in [-0.25, -0.2) is 4.79 Å². The first-order valence-electron chi connectivity index (χ1n) is 4.53. The normalized spacial score (nSPS) is 9.93. The Morgan fingerprint density at radius 3 is 2.67 bits per heavy atom. The highest BCUT2D eigenvalue weighted by Gasteiger charge is 1.96. The van der Waals surface area contributed by atoms with Crippen LogP contribution >= 0.6 is 23.5 Å². The Kier molecular flexibility index (Phi) is 5.36. The summed E-state index contributed by atoms with van der Waals surface area (Å²) < 4.78 is 2.25. The molecule has 0 atom stereocenters. The van der Waals surface area contributed by atoms with Gasteiger partial charge in [0.15, 0.2) is 0 Å². The van der Waals surface area contributed by atoms with Crippen molar-refractivity contribution < 1.29 is 9.90 Å². The van der Waals surface area contributed by atoms with Crippen molar-refractivity contribution in [3.63, 3.8) is 0 Å². The third-order valence-electron chi connectivity index (χ3n) is 1.78. The molecule has 0 heterocycles. The molecule has 0 aromatic heterocycles. The van der Waals surface area contributed by atoms with Gasteiger partial charge in [-0.05, 0) is 42.5 Å². The molecule has 0 radical (unpaired) electrons. The number of amides is 1. The average molecular weight is 246 g/mol. The summed E-state index contributed by atoms with van der Waals surface area (Å²) in [4.78, 5) is 10.1. The fraction of sp³-hybridized carbons (Fsp3) is 0.300. The molecule has 82 valence electrons. The first-order valence-corrected chi connectivity index (χ1v) is 5.90. The monoisotopic (exact) mass is 245 g/mol. The largest absolute Gasteiger partial charge is 0.464 e. The zero-order valence-electron chi connectivity index (χ0n) is 8.07. The Labute approximate surface area is 98.0 Å². The summed E-state index contributed by atoms with van der Waals surface area (Å²) in [5.41, 5.74) is 1.22. The number of nitrogens with one attached hydrogen (secondary N) is 1. The number of hydrogen-bond acceptors (Lipinski definition) is 2. The molecule has 0 aliphatic carbocycles. The van der Waals surface area contributed by atoms with E-state index in [2.05, 4.69) is 4.72 Å². The number of carboxylic acid groups (broad SMARTS) is 1. The van der Waals surface area contributed by atoms with Crippen molar-refractivity contribution in [1.82, 2.24) is 4.72 Å². The Balaban J connectivity index is 2.15. The van der Waals surface area contributed by atoms with Gasteiger partial charge in [-0.3, -0.25) is 4.72 Å². The van der Waals surface area contributed by atoms with Crippen LogP contribution in [0.2, 0.25) is 5.02 Å². The molecule has 0 spiro atoms. The van der Waals surface area contributed by atoms with E-state index in [9.17, 15) is 4.79 Å². The molecule has 0 fully saturated rings. The molecule has 0 saturated heterocycles. The predicted molar refractivity (Wildman–Crippen MR) is 63.4 cm³/mol. The van der Waals surface area contributed by atoms with Crippen LogP contribution in [0.4, 0.5) is 4.79 Å². The van der Waals surface area contributed by atoms with Crippen LogP contribution in [0.5, 0.6) is 0 Å². The third-order valence-corrected chi connectivity index (χ3v) is 2.85. The quantitative estimate of drug-likeness (QED) is 0.619. The molecule has 1 amide bonds. The van der Waals surface area contributed by atoms with Crippen LogP contribution in [0.1, 0.15) is 12.0 Å². The number of hydrogen-bond donors (Lipinski definition) is 2. The molecule has 15 heavy (non-hydrogen) atoms. The lowest BCUT2D eigenvalue weighted by atomic mass is 10.1. The topological polar surface area (TPSA) is 49.3 Å². The number of benzene rings is 1. The minimum Gasteiger partial charge on any atom is -0.464 e. The van der Waals surface area contributed by atoms with Crippen LogP contribution in [0.15, 0.2) is 24.3 Å². The van der Waals surface area contributed by atoms with Crippen LogP contribution in [0.3, 0.4) is 0 Å². The van der Waals surface area contributed by atoms with E-state index in [-0.39, 0.29) is 0 Å². The molecule has 1 rings (SSSR count). The van der Waals surface area contributed by atoms with Gasteiger partial charge in [0, 0.05) is 10.8 Å². The molecule has 0 aliphatic rings. The highest BCUT2D eigenvalue weighted by atomic mass is 35.5. The summed E-state index contributed by atoms with van der Waals surface area (Å²) in [5.74, 6) is 0.773. The molecule has 0 bridgehead atoms. The molecule has 1 aromatic carbocycles. The van der Waals surface area contributed by atoms with E-state index >= 15 is 0 Å². The second-order valence-electron chi connectivity index (χ2n) is 2.99. The van der Waals surface area contributed by atoms with Gasteiger partial charge in [0.2, 0.25) is 0 Å². The van der Waals surface area contributed by atoms with Gasteiger partial charge in [-0.15, -0.1) is 0 Å². The smallest absolute Gasteiger partial charge is 0.414 e. The van der Waals surface area contributed by atoms with Gasteiger partial charge in [-0.2, -0.15) is 0 Å². The SMILES string of the molecule is O=C(O)NSCCCc1ccc(Cl)cc1. The van der Waals surface area contributed by atoms with E-state index in [0.29, 0.717) is 0 Å². The Hall–Kier alpha value is -0.870. The van der Waals surface area contributed by atoms with Crippen molar-refractivity contribution in [2.45, 2.75) is 12.8 Å². The molecule has 2 N–H and O–H groups in total. The maximum Gasteiger partial charge on any atom is 0.414 e. The molecule has 0 saturated carbocycles. The minimum atomic E-state index is -0.994. The van der Waals surface area contributed by atoms with Crippen molar-refractivity contribution in [3.05, 3.63) is 34.9 Å². The predicted octanol–water partition coefficient (Wildman–Crippen LogP) is 3.19. The van der Waals surface area contributed by atoms with Crippen molar-refractivity contribution in [3.8, 4) is 0 Å². The molecule has 5 heteroatoms. The fourth-order valence-electron chi connectivity index (χ4n) is 1.11. The summed E-state index contributed by atoms with van der Waals surface area (Å²) in [6, 6.07) is 7.69. The van der Waals surface area contributed by atoms with E-state index in [1.807, 2.05) is 24.3 Å². The third kappa shape index (κ3) is 5.54. The Bertz CT molecular complexity index is 316. The summed E-state index contributed by atoms with van der Waals surface area (Å²) in [6.07, 6.45) is 0.879. The van der Waals surface area contributed by atoms with E-state index < -0.39 is 6.09 Å². The Morgan fingerprint density at radius 2 is 2.07 bits per heavy atom. The zero-order valence-corrected chi connectivity index (χ0v) is 9.64. The molecule has 0 unspecified atom stereocenters. The van der Waals surface area contributed by atoms with Crippen LogP contribution in [0, 0.1) is 0 Å². The lowest BCUT2D eigenvalue weighted by Gasteiger charge is -2.01. The van der Waals surface area contributed by atoms with Crippen molar-refractivity contribution in [2.24, 2.45) is 0 Å². The maximum absolute atomic E-state index is 10.1. The number of rotatable bonds is 5. The van der Waals surface area contributed by atoms with Crippen LogP contribution in [-0.4, -0.2) is 17.0 Å². The molecule has 0 aliphatic heterocycles. The fourth-order valence-corrected chi connectivity index (χ4v) is 1.75. The van der Waals surface area contributed by atoms with E-state index in [1.165, 1.54) is 17.5 Å². The second-order valence-corrected chi connectivity index (χ2v) is 4.32. The standard InChI is InChI=1S/C10H12ClNO2S/c11-9-5-3-8(4-6-9)2-1-7-15-12-10(13)14/h3-6,12H,1-2,7H2,(H,13,14). The number of halogens is 1. The highest BCUT2D eigenvalue weighted by molar-refractivity contribution is 7.97. The van der Waals surface area contributed by atoms with E-state index in [4.69, 9.17) is 16.7 Å². The van der Waals surface area contributed by atoms with E-state index in [0.717, 1.165) is 23.6 Å². The van der Waals surface area contributed by atoms with Gasteiger partial charge in [0.05, 0.1) is 0 Å². The number of aryl methyl sites for hydroxylation is 1. The van der Waals surface area contributed by atoms with Crippen molar-refractivity contribution >= 4 is 29.6 Å². The summed E-state index contributed by atoms with van der Waals surface area (Å²) in [7, 11) is 0. The average Bonchev–Trinajstić information content (AvgIpc) is 2.20. The van der Waals surface area contributed by atoms with Gasteiger partial charge >= 0.3 is 6.09 Å².